The molecule has 3 amide bonds. The fraction of sp³-hybridized carbons (Fsp3) is 0.294. The molecule has 1 aromatic rings. The Morgan fingerprint density at radius 3 is 2.50 bits per heavy atom. The molecule has 24 heavy (non-hydrogen) atoms. The van der Waals surface area contributed by atoms with Crippen molar-refractivity contribution in [2.24, 2.45) is 0 Å². The maximum Gasteiger partial charge on any atom is 0.325 e. The molecule has 1 fully saturated rings. The molecule has 1 aliphatic rings. The highest BCUT2D eigenvalue weighted by Gasteiger charge is 2.44. The zero-order valence-electron chi connectivity index (χ0n) is 13.6. The Morgan fingerprint density at radius 2 is 2.00 bits per heavy atom. The van der Waals surface area contributed by atoms with Crippen LogP contribution in [0.3, 0.4) is 0 Å². The number of nitrogens with zero attached hydrogens (tertiary/aromatic N) is 3. The van der Waals surface area contributed by atoms with Crippen LogP contribution in [-0.2, 0) is 11.3 Å². The highest BCUT2D eigenvalue weighted by atomic mass is 16.5. The van der Waals surface area contributed by atoms with E-state index in [2.05, 4.69) is 5.32 Å². The molecule has 0 spiro atoms. The summed E-state index contributed by atoms with van der Waals surface area (Å²) in [6, 6.07) is 8.13. The Labute approximate surface area is 139 Å². The summed E-state index contributed by atoms with van der Waals surface area (Å²) in [4.78, 5) is 25.4. The molecule has 0 bridgehead atoms. The number of methoxy groups -OCH3 is 1. The van der Waals surface area contributed by atoms with Gasteiger partial charge in [-0.3, -0.25) is 9.69 Å². The average molecular weight is 324 g/mol. The second kappa shape index (κ2) is 6.43. The number of amides is 3. The lowest BCUT2D eigenvalue weighted by atomic mass is 10.0. The van der Waals surface area contributed by atoms with Gasteiger partial charge in [0.1, 0.15) is 29.0 Å². The molecule has 7 heteroatoms. The van der Waals surface area contributed by atoms with Gasteiger partial charge in [0, 0.05) is 5.56 Å². The minimum absolute atomic E-state index is 0.0351. The summed E-state index contributed by atoms with van der Waals surface area (Å²) in [7, 11) is 1.49. The summed E-state index contributed by atoms with van der Waals surface area (Å²) in [6.45, 7) is 3.30. The van der Waals surface area contributed by atoms with Crippen LogP contribution in [0, 0.1) is 22.7 Å². The molecule has 0 atom stereocenters. The number of carbonyl (C=O) groups excluding carboxylic acids is 2. The summed E-state index contributed by atoms with van der Waals surface area (Å²) in [5, 5.41) is 20.3. The van der Waals surface area contributed by atoms with Crippen molar-refractivity contribution in [3.63, 3.8) is 0 Å². The monoisotopic (exact) mass is 324 g/mol. The number of nitriles is 2. The number of ether oxygens (including phenoxy) is 1. The molecule has 0 radical (unpaired) electrons. The molecule has 0 aliphatic carbocycles. The SMILES string of the molecule is COc1ccc(C=C(C#N)C#N)cc1CN1C(=O)NC(C)(C)C1=O. The molecule has 1 aliphatic heterocycles. The molecule has 1 heterocycles. The molecule has 1 N–H and O–H groups in total. The number of benzene rings is 1. The molecule has 0 unspecified atom stereocenters. The summed E-state index contributed by atoms with van der Waals surface area (Å²) in [5.41, 5.74) is 0.219. The number of rotatable bonds is 4. The second-order valence-corrected chi connectivity index (χ2v) is 5.80. The van der Waals surface area contributed by atoms with Gasteiger partial charge in [0.2, 0.25) is 0 Å². The van der Waals surface area contributed by atoms with Gasteiger partial charge in [-0.15, -0.1) is 0 Å². The van der Waals surface area contributed by atoms with Crippen molar-refractivity contribution >= 4 is 18.0 Å². The third-order valence-electron chi connectivity index (χ3n) is 3.63. The van der Waals surface area contributed by atoms with E-state index in [4.69, 9.17) is 15.3 Å². The molecular weight excluding hydrogens is 308 g/mol. The third-order valence-corrected chi connectivity index (χ3v) is 3.63. The number of hydrogen-bond acceptors (Lipinski definition) is 5. The van der Waals surface area contributed by atoms with Crippen LogP contribution in [0.4, 0.5) is 4.79 Å². The standard InChI is InChI=1S/C17H16N4O3/c1-17(2)15(22)21(16(23)20-17)10-13-7-11(4-5-14(13)24-3)6-12(8-18)9-19/h4-7H,10H2,1-3H3,(H,20,23). The Morgan fingerprint density at radius 1 is 1.33 bits per heavy atom. The van der Waals surface area contributed by atoms with Crippen LogP contribution >= 0.6 is 0 Å². The van der Waals surface area contributed by atoms with Crippen LogP contribution in [0.15, 0.2) is 23.8 Å². The van der Waals surface area contributed by atoms with Crippen molar-refractivity contribution < 1.29 is 14.3 Å². The maximum absolute atomic E-state index is 12.3. The van der Waals surface area contributed by atoms with E-state index in [1.54, 1.807) is 44.2 Å². The van der Waals surface area contributed by atoms with Crippen molar-refractivity contribution in [1.29, 1.82) is 10.5 Å². The molecule has 0 saturated carbocycles. The Balaban J connectivity index is 2.38. The van der Waals surface area contributed by atoms with E-state index >= 15 is 0 Å². The molecule has 2 rings (SSSR count). The molecular formula is C17H16N4O3. The average Bonchev–Trinajstić information content (AvgIpc) is 2.74. The van der Waals surface area contributed by atoms with Gasteiger partial charge in [0.25, 0.3) is 5.91 Å². The van der Waals surface area contributed by atoms with Gasteiger partial charge in [0.15, 0.2) is 0 Å². The smallest absolute Gasteiger partial charge is 0.325 e. The zero-order valence-corrected chi connectivity index (χ0v) is 13.6. The fourth-order valence-electron chi connectivity index (χ4n) is 2.40. The summed E-state index contributed by atoms with van der Waals surface area (Å²) in [6.07, 6.45) is 1.43. The molecule has 122 valence electrons. The number of allylic oxidation sites excluding steroid dienone is 1. The van der Waals surface area contributed by atoms with Crippen LogP contribution in [0.2, 0.25) is 0 Å². The molecule has 1 saturated heterocycles. The van der Waals surface area contributed by atoms with Crippen molar-refractivity contribution in [3.05, 3.63) is 34.9 Å². The predicted octanol–water partition coefficient (Wildman–Crippen LogP) is 1.96. The highest BCUT2D eigenvalue weighted by molar-refractivity contribution is 6.06. The zero-order chi connectivity index (χ0) is 17.9. The number of urea groups is 1. The van der Waals surface area contributed by atoms with E-state index in [-0.39, 0.29) is 18.0 Å². The van der Waals surface area contributed by atoms with E-state index in [0.29, 0.717) is 16.9 Å². The minimum atomic E-state index is -0.948. The van der Waals surface area contributed by atoms with E-state index in [1.165, 1.54) is 13.2 Å². The van der Waals surface area contributed by atoms with Crippen LogP contribution in [0.25, 0.3) is 6.08 Å². The topological polar surface area (TPSA) is 106 Å². The predicted molar refractivity (Wildman–Crippen MR) is 85.4 cm³/mol. The molecule has 1 aromatic carbocycles. The van der Waals surface area contributed by atoms with E-state index in [0.717, 1.165) is 4.90 Å². The van der Waals surface area contributed by atoms with E-state index in [1.807, 2.05) is 0 Å². The Hall–Kier alpha value is -3.32. The van der Waals surface area contributed by atoms with Gasteiger partial charge in [0.05, 0.1) is 13.7 Å². The second-order valence-electron chi connectivity index (χ2n) is 5.80. The largest absolute Gasteiger partial charge is 0.496 e. The molecule has 7 nitrogen and oxygen atoms in total. The fourth-order valence-corrected chi connectivity index (χ4v) is 2.40. The normalized spacial score (nSPS) is 15.3. The number of nitrogens with one attached hydrogen (secondary N) is 1. The van der Waals surface area contributed by atoms with Gasteiger partial charge in [-0.1, -0.05) is 6.07 Å². The van der Waals surface area contributed by atoms with E-state index < -0.39 is 11.6 Å². The first-order chi connectivity index (χ1) is 11.3. The van der Waals surface area contributed by atoms with Gasteiger partial charge in [-0.25, -0.2) is 4.79 Å². The first-order valence-corrected chi connectivity index (χ1v) is 7.15. The van der Waals surface area contributed by atoms with Crippen LogP contribution < -0.4 is 10.1 Å². The first-order valence-electron chi connectivity index (χ1n) is 7.15. The summed E-state index contributed by atoms with van der Waals surface area (Å²) >= 11 is 0. The first kappa shape index (κ1) is 17.0. The van der Waals surface area contributed by atoms with Gasteiger partial charge < -0.3 is 10.1 Å². The van der Waals surface area contributed by atoms with Gasteiger partial charge in [-0.05, 0) is 37.6 Å². The number of hydrogen-bond donors (Lipinski definition) is 1. The van der Waals surface area contributed by atoms with Gasteiger partial charge >= 0.3 is 6.03 Å². The lowest BCUT2D eigenvalue weighted by Gasteiger charge is -2.17. The van der Waals surface area contributed by atoms with Gasteiger partial charge in [-0.2, -0.15) is 10.5 Å². The highest BCUT2D eigenvalue weighted by Crippen LogP contribution is 2.26. The van der Waals surface area contributed by atoms with Crippen LogP contribution in [0.1, 0.15) is 25.0 Å². The summed E-state index contributed by atoms with van der Waals surface area (Å²) < 4.78 is 5.27. The lowest BCUT2D eigenvalue weighted by molar-refractivity contribution is -0.130. The Kier molecular flexibility index (Phi) is 4.57. The van der Waals surface area contributed by atoms with Crippen LogP contribution in [0.5, 0.6) is 5.75 Å². The van der Waals surface area contributed by atoms with Crippen molar-refractivity contribution in [3.8, 4) is 17.9 Å². The minimum Gasteiger partial charge on any atom is -0.496 e. The number of carbonyl (C=O) groups is 2. The lowest BCUT2D eigenvalue weighted by Crippen LogP contribution is -2.40. The third kappa shape index (κ3) is 3.21. The summed E-state index contributed by atoms with van der Waals surface area (Å²) in [5.74, 6) is 0.179. The quantitative estimate of drug-likeness (QED) is 0.673. The van der Waals surface area contributed by atoms with E-state index in [9.17, 15) is 9.59 Å². The number of imide groups is 1. The maximum atomic E-state index is 12.3. The van der Waals surface area contributed by atoms with Crippen molar-refractivity contribution in [2.75, 3.05) is 7.11 Å². The molecule has 0 aromatic heterocycles. The van der Waals surface area contributed by atoms with Crippen LogP contribution in [-0.4, -0.2) is 29.5 Å². The van der Waals surface area contributed by atoms with Crippen molar-refractivity contribution in [2.45, 2.75) is 25.9 Å². The van der Waals surface area contributed by atoms with Crippen molar-refractivity contribution in [1.82, 2.24) is 10.2 Å². The Bertz CT molecular complexity index is 796.